The fraction of sp³-hybridized carbons (Fsp3) is 1.00. The molecule has 21 heavy (non-hydrogen) atoms. The first-order valence-electron chi connectivity index (χ1n) is 9.29. The molecule has 1 saturated carbocycles. The van der Waals surface area contributed by atoms with Crippen LogP contribution in [0.4, 0.5) is 0 Å². The number of hydrogen-bond donors (Lipinski definition) is 1. The highest BCUT2D eigenvalue weighted by Gasteiger charge is 2.32. The van der Waals surface area contributed by atoms with Crippen LogP contribution in [0.15, 0.2) is 0 Å². The van der Waals surface area contributed by atoms with Gasteiger partial charge in [0.25, 0.3) is 0 Å². The zero-order valence-corrected chi connectivity index (χ0v) is 14.8. The average molecular weight is 296 g/mol. The van der Waals surface area contributed by atoms with E-state index in [0.29, 0.717) is 11.5 Å². The quantitative estimate of drug-likeness (QED) is 0.761. The van der Waals surface area contributed by atoms with E-state index in [2.05, 4.69) is 33.1 Å². The van der Waals surface area contributed by atoms with Crippen LogP contribution < -0.4 is 5.32 Å². The van der Waals surface area contributed by atoms with Crippen LogP contribution >= 0.6 is 0 Å². The molecule has 2 heteroatoms. The van der Waals surface area contributed by atoms with Crippen molar-refractivity contribution < 1.29 is 4.74 Å². The molecular weight excluding hydrogens is 258 g/mol. The molecule has 1 aliphatic heterocycles. The molecule has 0 aromatic heterocycles. The minimum Gasteiger partial charge on any atom is -0.378 e. The van der Waals surface area contributed by atoms with E-state index in [1.807, 2.05) is 0 Å². The summed E-state index contributed by atoms with van der Waals surface area (Å²) in [5.74, 6) is 1.83. The minimum atomic E-state index is 0.500. The third-order valence-electron chi connectivity index (χ3n) is 6.00. The van der Waals surface area contributed by atoms with Crippen molar-refractivity contribution in [3.63, 3.8) is 0 Å². The first-order chi connectivity index (χ1) is 10.0. The molecule has 2 aliphatic rings. The van der Waals surface area contributed by atoms with Crippen LogP contribution in [0.2, 0.25) is 0 Å². The van der Waals surface area contributed by atoms with E-state index >= 15 is 0 Å². The van der Waals surface area contributed by atoms with Crippen molar-refractivity contribution in [1.29, 1.82) is 0 Å². The maximum absolute atomic E-state index is 5.74. The molecule has 1 saturated heterocycles. The van der Waals surface area contributed by atoms with Crippen LogP contribution in [0.5, 0.6) is 0 Å². The lowest BCUT2D eigenvalue weighted by Crippen LogP contribution is -2.37. The molecule has 0 aromatic carbocycles. The highest BCUT2D eigenvalue weighted by Crippen LogP contribution is 2.41. The predicted molar refractivity (Wildman–Crippen MR) is 90.6 cm³/mol. The van der Waals surface area contributed by atoms with Crippen molar-refractivity contribution in [2.75, 3.05) is 13.7 Å². The Kier molecular flexibility index (Phi) is 6.55. The Hall–Kier alpha value is -0.0800. The Morgan fingerprint density at radius 3 is 2.33 bits per heavy atom. The summed E-state index contributed by atoms with van der Waals surface area (Å²) in [4.78, 5) is 0. The van der Waals surface area contributed by atoms with Crippen molar-refractivity contribution in [1.82, 2.24) is 5.32 Å². The fourth-order valence-corrected chi connectivity index (χ4v) is 4.44. The van der Waals surface area contributed by atoms with E-state index in [-0.39, 0.29) is 0 Å². The molecule has 0 bridgehead atoms. The van der Waals surface area contributed by atoms with Crippen LogP contribution in [-0.4, -0.2) is 25.8 Å². The van der Waals surface area contributed by atoms with Crippen molar-refractivity contribution >= 4 is 0 Å². The lowest BCUT2D eigenvalue weighted by Gasteiger charge is -2.39. The number of nitrogens with one attached hydrogen (secondary N) is 1. The molecule has 0 aromatic rings. The van der Waals surface area contributed by atoms with Crippen molar-refractivity contribution in [3.8, 4) is 0 Å². The van der Waals surface area contributed by atoms with Gasteiger partial charge >= 0.3 is 0 Å². The van der Waals surface area contributed by atoms with E-state index in [4.69, 9.17) is 4.74 Å². The molecular formula is C19H37NO. The average Bonchev–Trinajstić information content (AvgIpc) is 2.96. The highest BCUT2D eigenvalue weighted by atomic mass is 16.5. The predicted octanol–water partition coefficient (Wildman–Crippen LogP) is 4.78. The monoisotopic (exact) mass is 295 g/mol. The van der Waals surface area contributed by atoms with E-state index in [9.17, 15) is 0 Å². The van der Waals surface area contributed by atoms with E-state index < -0.39 is 0 Å². The largest absolute Gasteiger partial charge is 0.378 e. The summed E-state index contributed by atoms with van der Waals surface area (Å²) < 4.78 is 5.74. The van der Waals surface area contributed by atoms with Crippen LogP contribution in [0.1, 0.15) is 78.6 Å². The van der Waals surface area contributed by atoms with Crippen molar-refractivity contribution in [3.05, 3.63) is 0 Å². The Balaban J connectivity index is 1.69. The maximum Gasteiger partial charge on any atom is 0.0576 e. The molecule has 2 unspecified atom stereocenters. The molecule has 2 nitrogen and oxygen atoms in total. The lowest BCUT2D eigenvalue weighted by atomic mass is 9.68. The molecule has 2 rings (SSSR count). The van der Waals surface area contributed by atoms with Gasteiger partial charge in [0, 0.05) is 12.6 Å². The van der Waals surface area contributed by atoms with Crippen LogP contribution in [0.3, 0.4) is 0 Å². The van der Waals surface area contributed by atoms with E-state index in [0.717, 1.165) is 24.5 Å². The smallest absolute Gasteiger partial charge is 0.0576 e. The van der Waals surface area contributed by atoms with Crippen LogP contribution in [0, 0.1) is 17.3 Å². The van der Waals surface area contributed by atoms with Crippen molar-refractivity contribution in [2.24, 2.45) is 17.3 Å². The first kappa shape index (κ1) is 17.3. The topological polar surface area (TPSA) is 21.3 Å². The van der Waals surface area contributed by atoms with Gasteiger partial charge in [-0.25, -0.2) is 0 Å². The van der Waals surface area contributed by atoms with Gasteiger partial charge in [-0.2, -0.15) is 0 Å². The Labute approximate surface area is 132 Å². The van der Waals surface area contributed by atoms with Gasteiger partial charge in [0.2, 0.25) is 0 Å². The summed E-state index contributed by atoms with van der Waals surface area (Å²) in [6.45, 7) is 8.23. The molecule has 1 N–H and O–H groups in total. The third kappa shape index (κ3) is 5.25. The Bertz CT molecular complexity index is 282. The standard InChI is InChI=1S/C19H37NO/c1-19(2,3)16-12-10-15(11-13-16)18(20-4)9-5-7-17-8-6-14-21-17/h15-18,20H,5-14H2,1-4H3. The van der Waals surface area contributed by atoms with Gasteiger partial charge in [-0.3, -0.25) is 0 Å². The number of ether oxygens (including phenoxy) is 1. The molecule has 124 valence electrons. The van der Waals surface area contributed by atoms with Gasteiger partial charge < -0.3 is 10.1 Å². The van der Waals surface area contributed by atoms with Gasteiger partial charge in [-0.05, 0) is 82.1 Å². The second kappa shape index (κ2) is 7.97. The summed E-state index contributed by atoms with van der Waals surface area (Å²) in [6.07, 6.45) is 12.8. The first-order valence-corrected chi connectivity index (χ1v) is 9.29. The molecule has 2 fully saturated rings. The number of hydrogen-bond acceptors (Lipinski definition) is 2. The second-order valence-corrected chi connectivity index (χ2v) is 8.44. The minimum absolute atomic E-state index is 0.500. The van der Waals surface area contributed by atoms with Gasteiger partial charge in [0.15, 0.2) is 0 Å². The summed E-state index contributed by atoms with van der Waals surface area (Å²) in [6, 6.07) is 0.729. The summed E-state index contributed by atoms with van der Waals surface area (Å²) in [5, 5.41) is 3.61. The zero-order chi connectivity index (χ0) is 15.3. The van der Waals surface area contributed by atoms with Gasteiger partial charge in [-0.15, -0.1) is 0 Å². The third-order valence-corrected chi connectivity index (χ3v) is 6.00. The van der Waals surface area contributed by atoms with Gasteiger partial charge in [0.1, 0.15) is 0 Å². The molecule has 0 spiro atoms. The van der Waals surface area contributed by atoms with Gasteiger partial charge in [-0.1, -0.05) is 20.8 Å². The number of rotatable bonds is 6. The Morgan fingerprint density at radius 2 is 1.81 bits per heavy atom. The normalized spacial score (nSPS) is 32.3. The molecule has 1 aliphatic carbocycles. The summed E-state index contributed by atoms with van der Waals surface area (Å²) in [7, 11) is 2.16. The fourth-order valence-electron chi connectivity index (χ4n) is 4.44. The zero-order valence-electron chi connectivity index (χ0n) is 14.8. The van der Waals surface area contributed by atoms with Crippen LogP contribution in [-0.2, 0) is 4.74 Å². The lowest BCUT2D eigenvalue weighted by molar-refractivity contribution is 0.0978. The highest BCUT2D eigenvalue weighted by molar-refractivity contribution is 4.85. The molecule has 2 atom stereocenters. The van der Waals surface area contributed by atoms with E-state index in [1.54, 1.807) is 0 Å². The SMILES string of the molecule is CNC(CCCC1CCCO1)C1CCC(C(C)(C)C)CC1. The summed E-state index contributed by atoms with van der Waals surface area (Å²) in [5.41, 5.74) is 0.500. The maximum atomic E-state index is 5.74. The summed E-state index contributed by atoms with van der Waals surface area (Å²) >= 11 is 0. The molecule has 0 amide bonds. The van der Waals surface area contributed by atoms with Gasteiger partial charge in [0.05, 0.1) is 6.10 Å². The Morgan fingerprint density at radius 1 is 1.10 bits per heavy atom. The molecule has 1 heterocycles. The van der Waals surface area contributed by atoms with Crippen LogP contribution in [0.25, 0.3) is 0 Å². The van der Waals surface area contributed by atoms with E-state index in [1.165, 1.54) is 57.8 Å². The molecule has 0 radical (unpaired) electrons. The second-order valence-electron chi connectivity index (χ2n) is 8.44. The van der Waals surface area contributed by atoms with Crippen molar-refractivity contribution in [2.45, 2.75) is 90.7 Å².